The summed E-state index contributed by atoms with van der Waals surface area (Å²) >= 11 is 12.3. The highest BCUT2D eigenvalue weighted by Crippen LogP contribution is 2.40. The second-order valence-electron chi connectivity index (χ2n) is 4.39. The van der Waals surface area contributed by atoms with Gasteiger partial charge in [-0.05, 0) is 47.0 Å². The first-order valence-electron chi connectivity index (χ1n) is 6.20. The quantitative estimate of drug-likeness (QED) is 0.617. The van der Waals surface area contributed by atoms with Crippen LogP contribution in [-0.4, -0.2) is 19.5 Å². The van der Waals surface area contributed by atoms with Crippen molar-refractivity contribution in [3.8, 4) is 11.5 Å². The van der Waals surface area contributed by atoms with E-state index in [0.29, 0.717) is 22.6 Å². The van der Waals surface area contributed by atoms with E-state index in [1.807, 2.05) is 0 Å². The van der Waals surface area contributed by atoms with Gasteiger partial charge in [0, 0.05) is 0 Å². The monoisotopic (exact) mass is 324 g/mol. The Balaban J connectivity index is 2.50. The minimum atomic E-state index is -1.44. The lowest BCUT2D eigenvalue weighted by atomic mass is 9.91. The van der Waals surface area contributed by atoms with Crippen LogP contribution in [0, 0.1) is 0 Å². The van der Waals surface area contributed by atoms with Crippen LogP contribution < -0.4 is 9.47 Å². The fourth-order valence-corrected chi connectivity index (χ4v) is 2.51. The second kappa shape index (κ2) is 6.37. The molecule has 2 aromatic rings. The molecule has 3 nitrogen and oxygen atoms in total. The van der Waals surface area contributed by atoms with E-state index in [2.05, 4.69) is 0 Å². The first-order chi connectivity index (χ1) is 10.0. The van der Waals surface area contributed by atoms with Gasteiger partial charge in [-0.2, -0.15) is 0 Å². The number of methoxy groups -OCH3 is 2. The molecule has 0 N–H and O–H groups in total. The fourth-order valence-electron chi connectivity index (χ4n) is 2.03. The Bertz CT molecular complexity index is 573. The van der Waals surface area contributed by atoms with Crippen LogP contribution in [-0.2, 0) is 9.67 Å². The van der Waals surface area contributed by atoms with E-state index >= 15 is 0 Å². The molecule has 0 aromatic heterocycles. The first-order valence-corrected chi connectivity index (χ1v) is 6.96. The molecule has 21 heavy (non-hydrogen) atoms. The number of hydrogen-bond donors (Lipinski definition) is 0. The Kier molecular flexibility index (Phi) is 4.76. The molecule has 0 radical (unpaired) electrons. The lowest BCUT2D eigenvalue weighted by molar-refractivity contribution is -0.113. The normalized spacial score (nSPS) is 11.0. The van der Waals surface area contributed by atoms with Crippen LogP contribution in [0.15, 0.2) is 48.5 Å². The maximum atomic E-state index is 11.9. The summed E-state index contributed by atoms with van der Waals surface area (Å²) in [5.74, 6) is 1.35. The minimum absolute atomic E-state index is 0.579. The zero-order chi connectivity index (χ0) is 15.5. The molecule has 0 spiro atoms. The van der Waals surface area contributed by atoms with Crippen LogP contribution in [0.3, 0.4) is 0 Å². The van der Waals surface area contributed by atoms with Gasteiger partial charge in [0.25, 0.3) is 5.24 Å². The highest BCUT2D eigenvalue weighted by Gasteiger charge is 2.39. The summed E-state index contributed by atoms with van der Waals surface area (Å²) in [4.78, 5) is 10.5. The summed E-state index contributed by atoms with van der Waals surface area (Å²) in [6, 6.07) is 13.8. The van der Waals surface area contributed by atoms with Gasteiger partial charge in [-0.15, -0.1) is 0 Å². The molecular formula is C16H14Cl2O3. The highest BCUT2D eigenvalue weighted by atomic mass is 35.5. The van der Waals surface area contributed by atoms with E-state index in [1.165, 1.54) is 0 Å². The fraction of sp³-hybridized carbons (Fsp3) is 0.188. The molecular weight excluding hydrogens is 311 g/mol. The lowest BCUT2D eigenvalue weighted by Crippen LogP contribution is -2.27. The van der Waals surface area contributed by atoms with Gasteiger partial charge in [-0.1, -0.05) is 35.9 Å². The molecule has 0 aliphatic carbocycles. The largest absolute Gasteiger partial charge is 0.497 e. The van der Waals surface area contributed by atoms with Crippen molar-refractivity contribution in [3.63, 3.8) is 0 Å². The summed E-state index contributed by atoms with van der Waals surface area (Å²) in [7, 11) is 3.14. The van der Waals surface area contributed by atoms with Crippen molar-refractivity contribution >= 4 is 28.4 Å². The van der Waals surface area contributed by atoms with Crippen LogP contribution >= 0.6 is 23.2 Å². The van der Waals surface area contributed by atoms with Gasteiger partial charge >= 0.3 is 0 Å². The molecule has 0 aliphatic rings. The Morgan fingerprint density at radius 2 is 1.19 bits per heavy atom. The molecule has 110 valence electrons. The van der Waals surface area contributed by atoms with Crippen LogP contribution in [0.25, 0.3) is 0 Å². The zero-order valence-corrected chi connectivity index (χ0v) is 13.1. The number of halogens is 2. The zero-order valence-electron chi connectivity index (χ0n) is 11.6. The number of carbonyl (C=O) groups is 1. The number of rotatable bonds is 5. The number of alkyl halides is 1. The first kappa shape index (κ1) is 15.7. The third-order valence-corrected chi connectivity index (χ3v) is 4.23. The molecule has 0 amide bonds. The maximum absolute atomic E-state index is 11.9. The van der Waals surface area contributed by atoms with Crippen molar-refractivity contribution in [1.82, 2.24) is 0 Å². The van der Waals surface area contributed by atoms with Crippen LogP contribution in [0.4, 0.5) is 0 Å². The van der Waals surface area contributed by atoms with Crippen molar-refractivity contribution in [2.45, 2.75) is 4.87 Å². The number of carbonyl (C=O) groups excluding carboxylic acids is 1. The van der Waals surface area contributed by atoms with E-state index in [9.17, 15) is 4.79 Å². The van der Waals surface area contributed by atoms with Crippen molar-refractivity contribution in [2.75, 3.05) is 14.2 Å². The van der Waals surface area contributed by atoms with Crippen LogP contribution in [0.1, 0.15) is 11.1 Å². The molecule has 0 fully saturated rings. The van der Waals surface area contributed by atoms with E-state index < -0.39 is 10.1 Å². The summed E-state index contributed by atoms with van der Waals surface area (Å²) in [5.41, 5.74) is 1.16. The topological polar surface area (TPSA) is 35.5 Å². The van der Waals surface area contributed by atoms with Crippen molar-refractivity contribution in [1.29, 1.82) is 0 Å². The predicted octanol–water partition coefficient (Wildman–Crippen LogP) is 3.95. The summed E-state index contributed by atoms with van der Waals surface area (Å²) in [5, 5.41) is -0.667. The van der Waals surface area contributed by atoms with Crippen molar-refractivity contribution in [3.05, 3.63) is 59.7 Å². The third-order valence-electron chi connectivity index (χ3n) is 3.25. The van der Waals surface area contributed by atoms with Crippen LogP contribution in [0.2, 0.25) is 0 Å². The van der Waals surface area contributed by atoms with E-state index in [4.69, 9.17) is 32.7 Å². The Morgan fingerprint density at radius 3 is 1.43 bits per heavy atom. The number of ether oxygens (including phenoxy) is 2. The van der Waals surface area contributed by atoms with E-state index in [0.717, 1.165) is 0 Å². The molecule has 0 saturated heterocycles. The Hall–Kier alpha value is -1.71. The van der Waals surface area contributed by atoms with Gasteiger partial charge in [-0.3, -0.25) is 4.79 Å². The minimum Gasteiger partial charge on any atom is -0.497 e. The van der Waals surface area contributed by atoms with E-state index in [-0.39, 0.29) is 0 Å². The van der Waals surface area contributed by atoms with Gasteiger partial charge in [-0.25, -0.2) is 0 Å². The third kappa shape index (κ3) is 2.99. The summed E-state index contributed by atoms with van der Waals surface area (Å²) in [6.07, 6.45) is 0. The van der Waals surface area contributed by atoms with Gasteiger partial charge in [0.15, 0.2) is 4.87 Å². The summed E-state index contributed by atoms with van der Waals surface area (Å²) < 4.78 is 10.2. The average Bonchev–Trinajstić information content (AvgIpc) is 2.54. The van der Waals surface area contributed by atoms with Crippen LogP contribution in [0.5, 0.6) is 11.5 Å². The molecule has 0 aliphatic heterocycles. The predicted molar refractivity (Wildman–Crippen MR) is 83.5 cm³/mol. The molecule has 0 atom stereocenters. The SMILES string of the molecule is COc1ccc(C(Cl)(C(=O)Cl)c2ccc(OC)cc2)cc1. The van der Waals surface area contributed by atoms with Crippen molar-refractivity contribution in [2.24, 2.45) is 0 Å². The molecule has 2 rings (SSSR count). The smallest absolute Gasteiger partial charge is 0.251 e. The summed E-state index contributed by atoms with van der Waals surface area (Å²) in [6.45, 7) is 0. The molecule has 0 bridgehead atoms. The standard InChI is InChI=1S/C16H14Cl2O3/c1-20-13-7-3-11(4-8-13)16(18,15(17)19)12-5-9-14(21-2)10-6-12/h3-10H,1-2H3. The Morgan fingerprint density at radius 1 is 0.857 bits per heavy atom. The molecule has 0 unspecified atom stereocenters. The van der Waals surface area contributed by atoms with Gasteiger partial charge in [0.1, 0.15) is 11.5 Å². The lowest BCUT2D eigenvalue weighted by Gasteiger charge is -2.24. The molecule has 2 aromatic carbocycles. The number of benzene rings is 2. The molecule has 0 saturated carbocycles. The van der Waals surface area contributed by atoms with E-state index in [1.54, 1.807) is 62.8 Å². The maximum Gasteiger partial charge on any atom is 0.251 e. The average molecular weight is 325 g/mol. The van der Waals surface area contributed by atoms with Crippen molar-refractivity contribution < 1.29 is 14.3 Å². The number of hydrogen-bond acceptors (Lipinski definition) is 3. The molecule has 0 heterocycles. The van der Waals surface area contributed by atoms with Gasteiger partial charge in [0.2, 0.25) is 0 Å². The molecule has 5 heteroatoms. The second-order valence-corrected chi connectivity index (χ2v) is 5.30. The Labute approximate surface area is 133 Å². The van der Waals surface area contributed by atoms with Gasteiger partial charge < -0.3 is 9.47 Å². The highest BCUT2D eigenvalue weighted by molar-refractivity contribution is 6.71. The van der Waals surface area contributed by atoms with Gasteiger partial charge in [0.05, 0.1) is 14.2 Å².